The van der Waals surface area contributed by atoms with Gasteiger partial charge in [0.25, 0.3) is 0 Å². The molecule has 29 heavy (non-hydrogen) atoms. The number of aliphatic hydroxyl groups excluding tert-OH is 1. The Labute approximate surface area is 174 Å². The van der Waals surface area contributed by atoms with Gasteiger partial charge in [0.05, 0.1) is 16.7 Å². The van der Waals surface area contributed by atoms with Crippen LogP contribution in [-0.2, 0) is 25.4 Å². The van der Waals surface area contributed by atoms with Gasteiger partial charge in [-0.1, -0.05) is 42.3 Å². The second-order valence-electron chi connectivity index (χ2n) is 7.52. The minimum Gasteiger partial charge on any atom is -0.389 e. The minimum atomic E-state index is -4.50. The van der Waals surface area contributed by atoms with E-state index in [0.29, 0.717) is 12.0 Å². The van der Waals surface area contributed by atoms with Crippen LogP contribution in [0.3, 0.4) is 0 Å². The van der Waals surface area contributed by atoms with Crippen LogP contribution in [0.15, 0.2) is 36.4 Å². The van der Waals surface area contributed by atoms with E-state index in [1.165, 1.54) is 48.4 Å². The van der Waals surface area contributed by atoms with E-state index in [4.69, 9.17) is 16.6 Å². The standard InChI is InChI=1S/C23H25ClF3NO/c24-21-14-10-16(15-20(21)23(25,26)27)9-13-19(29)7-3-2-6-18-12-11-17-5-1-4-8-22(17)28-18/h9-15,19,29H,1-8H2/b13-9+. The van der Waals surface area contributed by atoms with Gasteiger partial charge < -0.3 is 5.11 Å². The fraction of sp³-hybridized carbons (Fsp3) is 0.435. The van der Waals surface area contributed by atoms with Crippen LogP contribution < -0.4 is 0 Å². The number of rotatable bonds is 7. The Kier molecular flexibility index (Phi) is 7.36. The summed E-state index contributed by atoms with van der Waals surface area (Å²) in [5, 5.41) is 9.77. The monoisotopic (exact) mass is 423 g/mol. The van der Waals surface area contributed by atoms with Crippen molar-refractivity contribution >= 4 is 17.7 Å². The highest BCUT2D eigenvalue weighted by molar-refractivity contribution is 6.31. The van der Waals surface area contributed by atoms with Gasteiger partial charge in [0.2, 0.25) is 0 Å². The molecule has 6 heteroatoms. The summed E-state index contributed by atoms with van der Waals surface area (Å²) in [5.41, 5.74) is 3.19. The van der Waals surface area contributed by atoms with Gasteiger partial charge in [0.15, 0.2) is 0 Å². The Bertz CT molecular complexity index is 864. The Morgan fingerprint density at radius 3 is 2.69 bits per heavy atom. The maximum Gasteiger partial charge on any atom is 0.417 e. The molecule has 1 aliphatic carbocycles. The van der Waals surface area contributed by atoms with Crippen LogP contribution in [0, 0.1) is 0 Å². The minimum absolute atomic E-state index is 0.328. The molecular formula is C23H25ClF3NO. The van der Waals surface area contributed by atoms with E-state index in [1.807, 2.05) is 0 Å². The van der Waals surface area contributed by atoms with Crippen LogP contribution in [0.1, 0.15) is 60.2 Å². The fourth-order valence-corrected chi connectivity index (χ4v) is 3.83. The largest absolute Gasteiger partial charge is 0.417 e. The average Bonchev–Trinajstić information content (AvgIpc) is 2.69. The number of aryl methyl sites for hydroxylation is 3. The van der Waals surface area contributed by atoms with Crippen molar-refractivity contribution in [3.8, 4) is 0 Å². The van der Waals surface area contributed by atoms with Crippen molar-refractivity contribution in [3.63, 3.8) is 0 Å². The third-order valence-corrected chi connectivity index (χ3v) is 5.55. The number of hydrogen-bond acceptors (Lipinski definition) is 2. The Morgan fingerprint density at radius 2 is 1.90 bits per heavy atom. The second-order valence-corrected chi connectivity index (χ2v) is 7.93. The van der Waals surface area contributed by atoms with Crippen LogP contribution in [0.25, 0.3) is 6.08 Å². The lowest BCUT2D eigenvalue weighted by molar-refractivity contribution is -0.137. The smallest absolute Gasteiger partial charge is 0.389 e. The molecule has 1 atom stereocenters. The quantitative estimate of drug-likeness (QED) is 0.521. The van der Waals surface area contributed by atoms with Gasteiger partial charge in [0.1, 0.15) is 0 Å². The predicted molar refractivity (Wildman–Crippen MR) is 110 cm³/mol. The molecule has 1 aliphatic rings. The number of hydrogen-bond donors (Lipinski definition) is 1. The van der Waals surface area contributed by atoms with Gasteiger partial charge in [-0.05, 0) is 74.3 Å². The van der Waals surface area contributed by atoms with Crippen molar-refractivity contribution in [3.05, 3.63) is 69.5 Å². The van der Waals surface area contributed by atoms with Gasteiger partial charge in [0, 0.05) is 11.4 Å². The van der Waals surface area contributed by atoms with Crippen molar-refractivity contribution in [1.29, 1.82) is 0 Å². The van der Waals surface area contributed by atoms with E-state index in [9.17, 15) is 18.3 Å². The molecule has 2 nitrogen and oxygen atoms in total. The summed E-state index contributed by atoms with van der Waals surface area (Å²) in [6, 6.07) is 8.01. The molecule has 1 N–H and O–H groups in total. The number of unbranched alkanes of at least 4 members (excludes halogenated alkanes) is 1. The molecule has 0 spiro atoms. The van der Waals surface area contributed by atoms with Gasteiger partial charge in [-0.2, -0.15) is 13.2 Å². The lowest BCUT2D eigenvalue weighted by atomic mass is 9.95. The summed E-state index contributed by atoms with van der Waals surface area (Å²) < 4.78 is 38.7. The zero-order chi connectivity index (χ0) is 20.9. The van der Waals surface area contributed by atoms with Crippen LogP contribution in [0.2, 0.25) is 5.02 Å². The summed E-state index contributed by atoms with van der Waals surface area (Å²) in [4.78, 5) is 4.76. The van der Waals surface area contributed by atoms with E-state index < -0.39 is 17.8 Å². The number of alkyl halides is 3. The number of benzene rings is 1. The third-order valence-electron chi connectivity index (χ3n) is 5.23. The number of aliphatic hydroxyl groups is 1. The maximum absolute atomic E-state index is 12.9. The topological polar surface area (TPSA) is 33.1 Å². The molecule has 3 rings (SSSR count). The lowest BCUT2D eigenvalue weighted by Gasteiger charge is -2.15. The van der Waals surface area contributed by atoms with Gasteiger partial charge in [-0.15, -0.1) is 0 Å². The Balaban J connectivity index is 1.46. The fourth-order valence-electron chi connectivity index (χ4n) is 3.61. The SMILES string of the molecule is OC(/C=C/c1ccc(Cl)c(C(F)(F)F)c1)CCCCc1ccc2c(n1)CCCC2. The molecule has 1 aromatic heterocycles. The Morgan fingerprint density at radius 1 is 1.10 bits per heavy atom. The highest BCUT2D eigenvalue weighted by atomic mass is 35.5. The molecule has 2 aromatic rings. The van der Waals surface area contributed by atoms with E-state index in [-0.39, 0.29) is 5.02 Å². The number of halogens is 4. The van der Waals surface area contributed by atoms with Gasteiger partial charge in [-0.3, -0.25) is 4.98 Å². The maximum atomic E-state index is 12.9. The molecule has 0 saturated heterocycles. The molecule has 0 radical (unpaired) electrons. The average molecular weight is 424 g/mol. The summed E-state index contributed by atoms with van der Waals surface area (Å²) in [5.74, 6) is 0. The lowest BCUT2D eigenvalue weighted by Crippen LogP contribution is -2.07. The predicted octanol–water partition coefficient (Wildman–Crippen LogP) is 6.42. The molecule has 1 heterocycles. The van der Waals surface area contributed by atoms with Crippen LogP contribution in [-0.4, -0.2) is 16.2 Å². The molecule has 1 aromatic carbocycles. The first-order valence-electron chi connectivity index (χ1n) is 10.0. The van der Waals surface area contributed by atoms with Gasteiger partial charge >= 0.3 is 6.18 Å². The molecule has 156 valence electrons. The molecule has 1 unspecified atom stereocenters. The second kappa shape index (κ2) is 9.77. The number of aromatic nitrogens is 1. The van der Waals surface area contributed by atoms with E-state index >= 15 is 0 Å². The summed E-state index contributed by atoms with van der Waals surface area (Å²) >= 11 is 5.62. The zero-order valence-corrected chi connectivity index (χ0v) is 16.9. The Hall–Kier alpha value is -1.85. The molecule has 0 fully saturated rings. The normalized spacial score (nSPS) is 15.5. The van der Waals surface area contributed by atoms with Crippen molar-refractivity contribution in [2.45, 2.75) is 63.6 Å². The summed E-state index contributed by atoms with van der Waals surface area (Å²) in [6.07, 6.45) is 5.63. The van der Waals surface area contributed by atoms with Crippen molar-refractivity contribution in [1.82, 2.24) is 4.98 Å². The third kappa shape index (κ3) is 6.31. The first kappa shape index (κ1) is 21.8. The van der Waals surface area contributed by atoms with Crippen molar-refractivity contribution in [2.75, 3.05) is 0 Å². The van der Waals surface area contributed by atoms with Crippen LogP contribution in [0.4, 0.5) is 13.2 Å². The zero-order valence-electron chi connectivity index (χ0n) is 16.2. The highest BCUT2D eigenvalue weighted by Crippen LogP contribution is 2.35. The van der Waals surface area contributed by atoms with E-state index in [2.05, 4.69) is 12.1 Å². The van der Waals surface area contributed by atoms with Crippen LogP contribution in [0.5, 0.6) is 0 Å². The number of nitrogens with zero attached hydrogens (tertiary/aromatic N) is 1. The highest BCUT2D eigenvalue weighted by Gasteiger charge is 2.33. The van der Waals surface area contributed by atoms with E-state index in [0.717, 1.165) is 43.9 Å². The van der Waals surface area contributed by atoms with Crippen molar-refractivity contribution < 1.29 is 18.3 Å². The molecular weight excluding hydrogens is 399 g/mol. The van der Waals surface area contributed by atoms with Crippen LogP contribution >= 0.6 is 11.6 Å². The van der Waals surface area contributed by atoms with E-state index in [1.54, 1.807) is 0 Å². The molecule has 0 amide bonds. The molecule has 0 aliphatic heterocycles. The summed E-state index contributed by atoms with van der Waals surface area (Å²) in [7, 11) is 0. The molecule has 0 saturated carbocycles. The first-order chi connectivity index (χ1) is 13.8. The van der Waals surface area contributed by atoms with Crippen molar-refractivity contribution in [2.24, 2.45) is 0 Å². The number of fused-ring (bicyclic) bond motifs is 1. The molecule has 0 bridgehead atoms. The number of pyridine rings is 1. The summed E-state index contributed by atoms with van der Waals surface area (Å²) in [6.45, 7) is 0. The van der Waals surface area contributed by atoms with Gasteiger partial charge in [-0.25, -0.2) is 0 Å². The first-order valence-corrected chi connectivity index (χ1v) is 10.4.